The largest absolute Gasteiger partial charge is 2.00 e. The van der Waals surface area contributed by atoms with Crippen LogP contribution in [0.15, 0.2) is 30.3 Å². The first-order chi connectivity index (χ1) is 3.39. The van der Waals surface area contributed by atoms with Crippen LogP contribution < -0.4 is 0 Å². The molecule has 0 saturated carbocycles. The third-order valence-corrected chi connectivity index (χ3v) is 0.756. The molecule has 0 unspecified atom stereocenters. The summed E-state index contributed by atoms with van der Waals surface area (Å²) in [6.45, 7) is 0. The summed E-state index contributed by atoms with van der Waals surface area (Å²) in [6.07, 6.45) is 0. The molecule has 0 saturated heterocycles. The van der Waals surface area contributed by atoms with Crippen LogP contribution in [0.3, 0.4) is 0 Å². The standard InChI is InChI=1S/C6H6O.Ba.H2S.2H/c7-6-4-2-1-3-5-6;;;;/h1-5,7H;;1H2;;/q;+2;;2*-1. The molecule has 0 aromatic heterocycles. The van der Waals surface area contributed by atoms with Crippen molar-refractivity contribution < 1.29 is 7.96 Å². The molecule has 1 aromatic carbocycles. The van der Waals surface area contributed by atoms with Crippen molar-refractivity contribution in [3.8, 4) is 5.75 Å². The van der Waals surface area contributed by atoms with Crippen LogP contribution in [-0.2, 0) is 0 Å². The summed E-state index contributed by atoms with van der Waals surface area (Å²) in [7, 11) is 0. The first kappa shape index (κ1) is 12.6. The molecule has 0 radical (unpaired) electrons. The van der Waals surface area contributed by atoms with Gasteiger partial charge in [0.25, 0.3) is 0 Å². The summed E-state index contributed by atoms with van der Waals surface area (Å²) in [5, 5.41) is 8.63. The maximum atomic E-state index is 8.63. The Morgan fingerprint density at radius 2 is 1.56 bits per heavy atom. The Labute approximate surface area is 105 Å². The Hall–Kier alpha value is 0.941. The van der Waals surface area contributed by atoms with Crippen LogP contribution in [-0.4, -0.2) is 54.0 Å². The van der Waals surface area contributed by atoms with E-state index in [0.717, 1.165) is 0 Å². The monoisotopic (exact) mass is 268 g/mol. The van der Waals surface area contributed by atoms with Crippen molar-refractivity contribution in [3.05, 3.63) is 30.3 Å². The van der Waals surface area contributed by atoms with Gasteiger partial charge in [-0.25, -0.2) is 0 Å². The van der Waals surface area contributed by atoms with E-state index in [-0.39, 0.29) is 65.2 Å². The third-order valence-electron chi connectivity index (χ3n) is 0.756. The molecule has 9 heavy (non-hydrogen) atoms. The van der Waals surface area contributed by atoms with Crippen molar-refractivity contribution in [2.75, 3.05) is 0 Å². The molecule has 1 aromatic rings. The smallest absolute Gasteiger partial charge is 1.00 e. The molecule has 0 bridgehead atoms. The van der Waals surface area contributed by atoms with Crippen molar-refractivity contribution >= 4 is 62.4 Å². The average Bonchev–Trinajstić information content (AvgIpc) is 1.69. The summed E-state index contributed by atoms with van der Waals surface area (Å²) in [4.78, 5) is 0. The Kier molecular flexibility index (Phi) is 9.88. The minimum Gasteiger partial charge on any atom is -1.00 e. The van der Waals surface area contributed by atoms with E-state index >= 15 is 0 Å². The second-order valence-electron chi connectivity index (χ2n) is 1.34. The van der Waals surface area contributed by atoms with Gasteiger partial charge in [0.05, 0.1) is 0 Å². The van der Waals surface area contributed by atoms with Gasteiger partial charge in [-0.3, -0.25) is 0 Å². The first-order valence-electron chi connectivity index (χ1n) is 2.13. The molecule has 0 amide bonds. The third kappa shape index (κ3) is 5.39. The molecule has 48 valence electrons. The molecule has 0 aliphatic heterocycles. The van der Waals surface area contributed by atoms with Crippen molar-refractivity contribution in [3.63, 3.8) is 0 Å². The van der Waals surface area contributed by atoms with Crippen LogP contribution in [0, 0.1) is 0 Å². The molecule has 1 rings (SSSR count). The fourth-order valence-electron chi connectivity index (χ4n) is 0.428. The number of aromatic hydroxyl groups is 1. The fraction of sp³-hybridized carbons (Fsp3) is 0. The first-order valence-corrected chi connectivity index (χ1v) is 2.13. The second-order valence-corrected chi connectivity index (χ2v) is 1.34. The molecular formula is C6H10BaOS. The number of phenolic OH excluding ortho intramolecular Hbond substituents is 1. The fourth-order valence-corrected chi connectivity index (χ4v) is 0.428. The molecular weight excluding hydrogens is 257 g/mol. The van der Waals surface area contributed by atoms with Gasteiger partial charge in [-0.1, -0.05) is 18.2 Å². The number of para-hydroxylation sites is 1. The molecule has 0 aliphatic rings. The molecule has 3 heteroatoms. The van der Waals surface area contributed by atoms with Gasteiger partial charge in [-0.05, 0) is 12.1 Å². The summed E-state index contributed by atoms with van der Waals surface area (Å²) in [5.74, 6) is 0.322. The molecule has 1 nitrogen and oxygen atoms in total. The maximum absolute atomic E-state index is 8.63. The van der Waals surface area contributed by atoms with Gasteiger partial charge >= 0.3 is 48.9 Å². The van der Waals surface area contributed by atoms with Crippen molar-refractivity contribution in [1.82, 2.24) is 0 Å². The molecule has 0 heterocycles. The zero-order valence-electron chi connectivity index (χ0n) is 7.04. The van der Waals surface area contributed by atoms with Gasteiger partial charge in [0, 0.05) is 0 Å². The van der Waals surface area contributed by atoms with E-state index in [1.807, 2.05) is 6.07 Å². The van der Waals surface area contributed by atoms with Gasteiger partial charge in [-0.2, -0.15) is 13.5 Å². The Balaban J connectivity index is -0.0000000612. The summed E-state index contributed by atoms with van der Waals surface area (Å²) in [5.41, 5.74) is 0. The quantitative estimate of drug-likeness (QED) is 0.704. The molecule has 0 aliphatic carbocycles. The van der Waals surface area contributed by atoms with E-state index in [9.17, 15) is 0 Å². The van der Waals surface area contributed by atoms with Crippen molar-refractivity contribution in [2.45, 2.75) is 0 Å². The zero-order chi connectivity index (χ0) is 5.11. The number of hydrogen-bond acceptors (Lipinski definition) is 1. The van der Waals surface area contributed by atoms with E-state index in [0.29, 0.717) is 5.75 Å². The number of phenols is 1. The van der Waals surface area contributed by atoms with Gasteiger partial charge in [0.15, 0.2) is 0 Å². The van der Waals surface area contributed by atoms with Crippen molar-refractivity contribution in [2.24, 2.45) is 0 Å². The van der Waals surface area contributed by atoms with Crippen LogP contribution in [0.2, 0.25) is 0 Å². The van der Waals surface area contributed by atoms with Crippen LogP contribution in [0.4, 0.5) is 0 Å². The summed E-state index contributed by atoms with van der Waals surface area (Å²) in [6, 6.07) is 8.71. The van der Waals surface area contributed by atoms with Crippen molar-refractivity contribution in [1.29, 1.82) is 0 Å². The number of rotatable bonds is 0. The van der Waals surface area contributed by atoms with E-state index < -0.39 is 0 Å². The van der Waals surface area contributed by atoms with Crippen LogP contribution >= 0.6 is 13.5 Å². The van der Waals surface area contributed by atoms with Gasteiger partial charge in [-0.15, -0.1) is 0 Å². The molecule has 0 atom stereocenters. The maximum Gasteiger partial charge on any atom is 2.00 e. The second kappa shape index (κ2) is 7.05. The van der Waals surface area contributed by atoms with E-state index in [1.165, 1.54) is 0 Å². The van der Waals surface area contributed by atoms with Crippen LogP contribution in [0.25, 0.3) is 0 Å². The normalized spacial score (nSPS) is 6.67. The SMILES string of the molecule is Oc1ccccc1.S.[Ba+2].[H-].[H-]. The molecule has 0 spiro atoms. The number of hydrogen-bond donors (Lipinski definition) is 1. The van der Waals surface area contributed by atoms with Crippen LogP contribution in [0.5, 0.6) is 5.75 Å². The topological polar surface area (TPSA) is 20.2 Å². The Bertz CT molecular complexity index is 151. The van der Waals surface area contributed by atoms with Gasteiger partial charge in [0.1, 0.15) is 5.75 Å². The predicted molar refractivity (Wildman–Crippen MR) is 46.5 cm³/mol. The molecule has 0 fully saturated rings. The van der Waals surface area contributed by atoms with E-state index in [2.05, 4.69) is 0 Å². The number of benzene rings is 1. The Morgan fingerprint density at radius 1 is 1.11 bits per heavy atom. The average molecular weight is 268 g/mol. The van der Waals surface area contributed by atoms with E-state index in [1.54, 1.807) is 24.3 Å². The Morgan fingerprint density at radius 3 is 1.78 bits per heavy atom. The van der Waals surface area contributed by atoms with Crippen LogP contribution in [0.1, 0.15) is 2.85 Å². The van der Waals surface area contributed by atoms with E-state index in [4.69, 9.17) is 5.11 Å². The zero-order valence-corrected chi connectivity index (χ0v) is 10.5. The summed E-state index contributed by atoms with van der Waals surface area (Å²) >= 11 is 0. The summed E-state index contributed by atoms with van der Waals surface area (Å²) < 4.78 is 0. The minimum atomic E-state index is 0. The van der Waals surface area contributed by atoms with Gasteiger partial charge in [0.2, 0.25) is 0 Å². The minimum absolute atomic E-state index is 0. The predicted octanol–water partition coefficient (Wildman–Crippen LogP) is 1.35. The molecule has 1 N–H and O–H groups in total. The van der Waals surface area contributed by atoms with Gasteiger partial charge < -0.3 is 7.96 Å².